The van der Waals surface area contributed by atoms with Crippen LogP contribution < -0.4 is 10.1 Å². The molecule has 0 radical (unpaired) electrons. The van der Waals surface area contributed by atoms with Crippen molar-refractivity contribution in [2.45, 2.75) is 19.6 Å². The average Bonchev–Trinajstić information content (AvgIpc) is 2.45. The Hall–Kier alpha value is -2.24. The Morgan fingerprint density at radius 3 is 2.52 bits per heavy atom. The van der Waals surface area contributed by atoms with E-state index in [1.165, 1.54) is 19.2 Å². The van der Waals surface area contributed by atoms with E-state index in [0.29, 0.717) is 5.69 Å². The molecule has 0 bridgehead atoms. The van der Waals surface area contributed by atoms with Gasteiger partial charge in [0.2, 0.25) is 0 Å². The maximum atomic E-state index is 13.0. The van der Waals surface area contributed by atoms with Gasteiger partial charge in [0.25, 0.3) is 0 Å². The zero-order valence-corrected chi connectivity index (χ0v) is 11.7. The molecule has 1 aromatic heterocycles. The van der Waals surface area contributed by atoms with Crippen LogP contribution in [0.3, 0.4) is 0 Å². The summed E-state index contributed by atoms with van der Waals surface area (Å²) < 4.78 is 43.9. The molecular weight excluding hydrogens is 281 g/mol. The van der Waals surface area contributed by atoms with Crippen LogP contribution >= 0.6 is 0 Å². The number of hydrogen-bond acceptors (Lipinski definition) is 3. The van der Waals surface area contributed by atoms with Crippen LogP contribution in [0, 0.1) is 6.92 Å². The van der Waals surface area contributed by atoms with Crippen LogP contribution in [0.15, 0.2) is 36.5 Å². The number of ether oxygens (including phenoxy) is 1. The molecule has 0 amide bonds. The van der Waals surface area contributed by atoms with Crippen molar-refractivity contribution in [3.63, 3.8) is 0 Å². The molecule has 1 heterocycles. The summed E-state index contributed by atoms with van der Waals surface area (Å²) in [5.41, 5.74) is 0.920. The molecule has 21 heavy (non-hydrogen) atoms. The quantitative estimate of drug-likeness (QED) is 0.925. The zero-order chi connectivity index (χ0) is 15.5. The third-order valence-electron chi connectivity index (χ3n) is 2.96. The fourth-order valence-electron chi connectivity index (χ4n) is 1.83. The first-order valence-corrected chi connectivity index (χ1v) is 6.31. The molecule has 0 unspecified atom stereocenters. The number of halogens is 3. The van der Waals surface area contributed by atoms with Gasteiger partial charge in [0.1, 0.15) is 5.75 Å². The minimum atomic E-state index is -4.45. The van der Waals surface area contributed by atoms with E-state index < -0.39 is 11.7 Å². The number of anilines is 1. The maximum Gasteiger partial charge on any atom is 0.418 e. The van der Waals surface area contributed by atoms with Crippen molar-refractivity contribution in [2.24, 2.45) is 0 Å². The first kappa shape index (κ1) is 15.2. The molecule has 112 valence electrons. The zero-order valence-electron chi connectivity index (χ0n) is 11.7. The number of hydrogen-bond donors (Lipinski definition) is 1. The second kappa shape index (κ2) is 6.03. The van der Waals surface area contributed by atoms with E-state index in [9.17, 15) is 13.2 Å². The van der Waals surface area contributed by atoms with Crippen molar-refractivity contribution < 1.29 is 17.9 Å². The van der Waals surface area contributed by atoms with Crippen molar-refractivity contribution >= 4 is 5.69 Å². The van der Waals surface area contributed by atoms with Gasteiger partial charge in [0.15, 0.2) is 0 Å². The van der Waals surface area contributed by atoms with E-state index >= 15 is 0 Å². The molecule has 0 aliphatic rings. The van der Waals surface area contributed by atoms with Gasteiger partial charge in [-0.3, -0.25) is 4.98 Å². The van der Waals surface area contributed by atoms with Crippen molar-refractivity contribution in [1.82, 2.24) is 4.98 Å². The summed E-state index contributed by atoms with van der Waals surface area (Å²) in [6.07, 6.45) is -2.77. The average molecular weight is 296 g/mol. The van der Waals surface area contributed by atoms with Crippen molar-refractivity contribution in [3.8, 4) is 5.75 Å². The van der Waals surface area contributed by atoms with E-state index in [1.54, 1.807) is 12.3 Å². The van der Waals surface area contributed by atoms with Crippen LogP contribution in [0.25, 0.3) is 0 Å². The Labute approximate surface area is 120 Å². The lowest BCUT2D eigenvalue weighted by Crippen LogP contribution is -2.11. The molecule has 6 heteroatoms. The smallest absolute Gasteiger partial charge is 0.418 e. The number of methoxy groups -OCH3 is 1. The lowest BCUT2D eigenvalue weighted by Gasteiger charge is -2.15. The summed E-state index contributed by atoms with van der Waals surface area (Å²) in [4.78, 5) is 4.15. The number of rotatable bonds is 4. The number of benzene rings is 1. The minimum absolute atomic E-state index is 0.00525. The topological polar surface area (TPSA) is 34.1 Å². The predicted octanol–water partition coefficient (Wildman–Crippen LogP) is 4.03. The lowest BCUT2D eigenvalue weighted by molar-refractivity contribution is -0.137. The number of nitrogens with zero attached hydrogens (tertiary/aromatic N) is 1. The second-order valence-corrected chi connectivity index (χ2v) is 4.59. The van der Waals surface area contributed by atoms with E-state index in [1.807, 2.05) is 13.0 Å². The molecule has 3 nitrogen and oxygen atoms in total. The summed E-state index contributed by atoms with van der Waals surface area (Å²) in [5, 5.41) is 2.77. The van der Waals surface area contributed by atoms with Gasteiger partial charge in [-0.25, -0.2) is 0 Å². The normalized spacial score (nSPS) is 11.3. The van der Waals surface area contributed by atoms with Gasteiger partial charge >= 0.3 is 6.18 Å². The number of alkyl halides is 3. The number of aromatic nitrogens is 1. The Kier molecular flexibility index (Phi) is 4.35. The van der Waals surface area contributed by atoms with Gasteiger partial charge in [-0.1, -0.05) is 6.07 Å². The standard InChI is InChI=1S/C15H15F3N2O/c1-10-3-4-11(19-8-10)9-20-14-6-5-12(21-2)7-13(14)15(16,17)18/h3-8,20H,9H2,1-2H3. The highest BCUT2D eigenvalue weighted by Crippen LogP contribution is 2.37. The highest BCUT2D eigenvalue weighted by molar-refractivity contribution is 5.55. The van der Waals surface area contributed by atoms with Crippen molar-refractivity contribution in [2.75, 3.05) is 12.4 Å². The first-order valence-electron chi connectivity index (χ1n) is 6.31. The molecule has 0 saturated carbocycles. The minimum Gasteiger partial charge on any atom is -0.497 e. The van der Waals surface area contributed by atoms with E-state index in [-0.39, 0.29) is 18.0 Å². The number of pyridine rings is 1. The Morgan fingerprint density at radius 1 is 1.19 bits per heavy atom. The maximum absolute atomic E-state index is 13.0. The van der Waals surface area contributed by atoms with E-state index in [4.69, 9.17) is 4.74 Å². The highest BCUT2D eigenvalue weighted by Gasteiger charge is 2.34. The molecule has 0 atom stereocenters. The van der Waals surface area contributed by atoms with Gasteiger partial charge in [-0.2, -0.15) is 13.2 Å². The predicted molar refractivity (Wildman–Crippen MR) is 74.3 cm³/mol. The fraction of sp³-hybridized carbons (Fsp3) is 0.267. The first-order chi connectivity index (χ1) is 9.90. The van der Waals surface area contributed by atoms with E-state index in [2.05, 4.69) is 10.3 Å². The Bertz CT molecular complexity index is 609. The molecule has 2 aromatic rings. The summed E-state index contributed by atoms with van der Waals surface area (Å²) >= 11 is 0. The van der Waals surface area contributed by atoms with Gasteiger partial charge < -0.3 is 10.1 Å². The third-order valence-corrected chi connectivity index (χ3v) is 2.96. The highest BCUT2D eigenvalue weighted by atomic mass is 19.4. The molecule has 0 aliphatic heterocycles. The molecule has 0 fully saturated rings. The van der Waals surface area contributed by atoms with Crippen LogP contribution in [-0.2, 0) is 12.7 Å². The van der Waals surface area contributed by atoms with Crippen molar-refractivity contribution in [1.29, 1.82) is 0 Å². The van der Waals surface area contributed by atoms with Crippen LogP contribution in [0.5, 0.6) is 5.75 Å². The van der Waals surface area contributed by atoms with Crippen LogP contribution in [-0.4, -0.2) is 12.1 Å². The Balaban J connectivity index is 2.21. The van der Waals surface area contributed by atoms with Gasteiger partial charge in [0, 0.05) is 11.9 Å². The van der Waals surface area contributed by atoms with Gasteiger partial charge in [-0.15, -0.1) is 0 Å². The lowest BCUT2D eigenvalue weighted by atomic mass is 10.1. The summed E-state index contributed by atoms with van der Waals surface area (Å²) in [5.74, 6) is 0.168. The van der Waals surface area contributed by atoms with Gasteiger partial charge in [0.05, 0.1) is 24.9 Å². The van der Waals surface area contributed by atoms with Crippen LogP contribution in [0.2, 0.25) is 0 Å². The third kappa shape index (κ3) is 3.87. The molecule has 1 aromatic carbocycles. The summed E-state index contributed by atoms with van der Waals surface area (Å²) in [7, 11) is 1.33. The molecule has 0 spiro atoms. The van der Waals surface area contributed by atoms with Crippen LogP contribution in [0.1, 0.15) is 16.8 Å². The summed E-state index contributed by atoms with van der Waals surface area (Å²) in [6, 6.07) is 7.46. The number of aryl methyl sites for hydroxylation is 1. The van der Waals surface area contributed by atoms with E-state index in [0.717, 1.165) is 11.6 Å². The second-order valence-electron chi connectivity index (χ2n) is 4.59. The molecule has 2 rings (SSSR count). The largest absolute Gasteiger partial charge is 0.497 e. The number of nitrogens with one attached hydrogen (secondary N) is 1. The molecule has 0 aliphatic carbocycles. The molecule has 0 saturated heterocycles. The van der Waals surface area contributed by atoms with Crippen LogP contribution in [0.4, 0.5) is 18.9 Å². The molecule has 1 N–H and O–H groups in total. The van der Waals surface area contributed by atoms with Gasteiger partial charge in [-0.05, 0) is 36.8 Å². The SMILES string of the molecule is COc1ccc(NCc2ccc(C)cn2)c(C(F)(F)F)c1. The fourth-order valence-corrected chi connectivity index (χ4v) is 1.83. The van der Waals surface area contributed by atoms with Crippen molar-refractivity contribution in [3.05, 3.63) is 53.3 Å². The summed E-state index contributed by atoms with van der Waals surface area (Å²) in [6.45, 7) is 2.12. The monoisotopic (exact) mass is 296 g/mol. The molecular formula is C15H15F3N2O. The Morgan fingerprint density at radius 2 is 1.95 bits per heavy atom.